The molecule has 6 heteroatoms. The predicted octanol–water partition coefficient (Wildman–Crippen LogP) is 3.38. The predicted molar refractivity (Wildman–Crippen MR) is 82.7 cm³/mol. The van der Waals surface area contributed by atoms with Gasteiger partial charge in [0.25, 0.3) is 0 Å². The minimum atomic E-state index is -0.0346. The molecule has 116 valence electrons. The lowest BCUT2D eigenvalue weighted by Gasteiger charge is -2.09. The van der Waals surface area contributed by atoms with Crippen molar-refractivity contribution in [2.45, 2.75) is 19.3 Å². The summed E-state index contributed by atoms with van der Waals surface area (Å²) in [6, 6.07) is 9.43. The van der Waals surface area contributed by atoms with Gasteiger partial charge in [0.2, 0.25) is 18.2 Å². The number of hydrogen-bond acceptors (Lipinski definition) is 5. The Morgan fingerprint density at radius 1 is 1.30 bits per heavy atom. The Bertz CT molecular complexity index is 825. The number of furan rings is 1. The number of aryl methyl sites for hydroxylation is 1. The standard InChI is InChI=1S/C17H15N3O3/c1-10-4-5-11(17-20-18-9-23-17)7-14(10)19-16(21)13-8-12(13)15-3-2-6-22-15/h2-7,9,12-13H,8H2,1H3,(H,19,21)/t12-,13+/m1/s1. The van der Waals surface area contributed by atoms with Crippen LogP contribution in [0.15, 0.2) is 51.8 Å². The number of amides is 1. The number of rotatable bonds is 4. The normalized spacial score (nSPS) is 19.5. The van der Waals surface area contributed by atoms with Gasteiger partial charge >= 0.3 is 0 Å². The Balaban J connectivity index is 1.50. The fraction of sp³-hybridized carbons (Fsp3) is 0.235. The zero-order valence-electron chi connectivity index (χ0n) is 12.5. The van der Waals surface area contributed by atoms with Crippen LogP contribution >= 0.6 is 0 Å². The van der Waals surface area contributed by atoms with Gasteiger partial charge in [-0.05, 0) is 43.2 Å². The van der Waals surface area contributed by atoms with Gasteiger partial charge in [-0.2, -0.15) is 0 Å². The average molecular weight is 309 g/mol. The van der Waals surface area contributed by atoms with Gasteiger partial charge in [0.1, 0.15) is 5.76 Å². The molecule has 2 aromatic heterocycles. The molecule has 0 saturated heterocycles. The Morgan fingerprint density at radius 3 is 2.96 bits per heavy atom. The third-order valence-corrected chi connectivity index (χ3v) is 4.14. The lowest BCUT2D eigenvalue weighted by atomic mass is 10.1. The van der Waals surface area contributed by atoms with Gasteiger partial charge in [0, 0.05) is 23.1 Å². The smallest absolute Gasteiger partial charge is 0.247 e. The topological polar surface area (TPSA) is 81.2 Å². The van der Waals surface area contributed by atoms with E-state index in [2.05, 4.69) is 15.5 Å². The van der Waals surface area contributed by atoms with Gasteiger partial charge in [0.05, 0.1) is 6.26 Å². The summed E-state index contributed by atoms with van der Waals surface area (Å²) in [6.45, 7) is 1.95. The molecule has 4 rings (SSSR count). The second kappa shape index (κ2) is 5.39. The summed E-state index contributed by atoms with van der Waals surface area (Å²) in [6.07, 6.45) is 3.74. The van der Waals surface area contributed by atoms with Gasteiger partial charge in [-0.3, -0.25) is 4.79 Å². The van der Waals surface area contributed by atoms with Crippen molar-refractivity contribution in [3.8, 4) is 11.5 Å². The molecule has 1 aliphatic carbocycles. The number of carbonyl (C=O) groups excluding carboxylic acids is 1. The van der Waals surface area contributed by atoms with Crippen LogP contribution in [0.5, 0.6) is 0 Å². The summed E-state index contributed by atoms with van der Waals surface area (Å²) in [5.41, 5.74) is 2.52. The minimum Gasteiger partial charge on any atom is -0.469 e. The van der Waals surface area contributed by atoms with Crippen molar-refractivity contribution in [2.24, 2.45) is 5.92 Å². The molecule has 1 amide bonds. The maximum Gasteiger partial charge on any atom is 0.247 e. The number of benzene rings is 1. The molecule has 1 N–H and O–H groups in total. The van der Waals surface area contributed by atoms with Crippen LogP contribution in [0.3, 0.4) is 0 Å². The molecule has 1 aliphatic rings. The van der Waals surface area contributed by atoms with E-state index in [0.29, 0.717) is 5.89 Å². The quantitative estimate of drug-likeness (QED) is 0.799. The summed E-state index contributed by atoms with van der Waals surface area (Å²) >= 11 is 0. The zero-order chi connectivity index (χ0) is 15.8. The summed E-state index contributed by atoms with van der Waals surface area (Å²) < 4.78 is 10.6. The van der Waals surface area contributed by atoms with Crippen molar-refractivity contribution >= 4 is 11.6 Å². The average Bonchev–Trinajstić information content (AvgIpc) is 2.96. The van der Waals surface area contributed by atoms with Crippen molar-refractivity contribution < 1.29 is 13.6 Å². The number of hydrogen-bond donors (Lipinski definition) is 1. The Hall–Kier alpha value is -2.89. The highest BCUT2D eigenvalue weighted by Crippen LogP contribution is 2.48. The first kappa shape index (κ1) is 13.8. The first-order valence-corrected chi connectivity index (χ1v) is 7.44. The molecule has 2 heterocycles. The van der Waals surface area contributed by atoms with Gasteiger partial charge in [-0.15, -0.1) is 10.2 Å². The van der Waals surface area contributed by atoms with E-state index < -0.39 is 0 Å². The number of anilines is 1. The summed E-state index contributed by atoms with van der Waals surface area (Å²) in [7, 11) is 0. The van der Waals surface area contributed by atoms with E-state index in [1.54, 1.807) is 6.26 Å². The molecule has 6 nitrogen and oxygen atoms in total. The second-order valence-electron chi connectivity index (χ2n) is 5.73. The molecule has 0 radical (unpaired) electrons. The fourth-order valence-corrected chi connectivity index (χ4v) is 2.72. The van der Waals surface area contributed by atoms with Crippen LogP contribution in [0, 0.1) is 12.8 Å². The van der Waals surface area contributed by atoms with Gasteiger partial charge in [-0.25, -0.2) is 0 Å². The monoisotopic (exact) mass is 309 g/mol. The van der Waals surface area contributed by atoms with E-state index in [-0.39, 0.29) is 17.7 Å². The number of aromatic nitrogens is 2. The van der Waals surface area contributed by atoms with Crippen molar-refractivity contribution in [1.29, 1.82) is 0 Å². The van der Waals surface area contributed by atoms with Crippen LogP contribution in [0.25, 0.3) is 11.5 Å². The van der Waals surface area contributed by atoms with Crippen LogP contribution in [-0.2, 0) is 4.79 Å². The second-order valence-corrected chi connectivity index (χ2v) is 5.73. The fourth-order valence-electron chi connectivity index (χ4n) is 2.72. The van der Waals surface area contributed by atoms with Gasteiger partial charge in [0.15, 0.2) is 0 Å². The Kier molecular flexibility index (Phi) is 3.22. The SMILES string of the molecule is Cc1ccc(-c2nnco2)cc1NC(=O)[C@H]1C[C@H]1c1ccco1. The van der Waals surface area contributed by atoms with Crippen molar-refractivity contribution in [2.75, 3.05) is 5.32 Å². The molecule has 2 atom stereocenters. The van der Waals surface area contributed by atoms with E-state index in [0.717, 1.165) is 29.0 Å². The van der Waals surface area contributed by atoms with E-state index in [1.165, 1.54) is 6.39 Å². The molecular formula is C17H15N3O3. The largest absolute Gasteiger partial charge is 0.469 e. The first-order valence-electron chi connectivity index (χ1n) is 7.44. The van der Waals surface area contributed by atoms with Crippen LogP contribution in [0.2, 0.25) is 0 Å². The Morgan fingerprint density at radius 2 is 2.22 bits per heavy atom. The van der Waals surface area contributed by atoms with Crippen molar-refractivity contribution in [3.05, 3.63) is 54.3 Å². The van der Waals surface area contributed by atoms with E-state index in [4.69, 9.17) is 8.83 Å². The minimum absolute atomic E-state index is 0.0113. The van der Waals surface area contributed by atoms with E-state index >= 15 is 0 Å². The first-order chi connectivity index (χ1) is 11.2. The van der Waals surface area contributed by atoms with Crippen LogP contribution in [0.4, 0.5) is 5.69 Å². The highest BCUT2D eigenvalue weighted by molar-refractivity contribution is 5.96. The molecule has 0 spiro atoms. The molecule has 23 heavy (non-hydrogen) atoms. The molecule has 1 saturated carbocycles. The van der Waals surface area contributed by atoms with Gasteiger partial charge < -0.3 is 14.2 Å². The summed E-state index contributed by atoms with van der Waals surface area (Å²) in [5.74, 6) is 1.47. The molecule has 0 bridgehead atoms. The molecular weight excluding hydrogens is 294 g/mol. The van der Waals surface area contributed by atoms with Crippen LogP contribution in [-0.4, -0.2) is 16.1 Å². The van der Waals surface area contributed by atoms with E-state index in [9.17, 15) is 4.79 Å². The number of nitrogens with one attached hydrogen (secondary N) is 1. The van der Waals surface area contributed by atoms with Gasteiger partial charge in [-0.1, -0.05) is 6.07 Å². The van der Waals surface area contributed by atoms with Crippen molar-refractivity contribution in [3.63, 3.8) is 0 Å². The third kappa shape index (κ3) is 2.63. The molecule has 0 unspecified atom stereocenters. The molecule has 1 fully saturated rings. The third-order valence-electron chi connectivity index (χ3n) is 4.14. The zero-order valence-corrected chi connectivity index (χ0v) is 12.5. The summed E-state index contributed by atoms with van der Waals surface area (Å²) in [5, 5.41) is 10.6. The molecule has 3 aromatic rings. The molecule has 1 aromatic carbocycles. The van der Waals surface area contributed by atoms with Crippen LogP contribution in [0.1, 0.15) is 23.7 Å². The van der Waals surface area contributed by atoms with Crippen molar-refractivity contribution in [1.82, 2.24) is 10.2 Å². The lowest BCUT2D eigenvalue weighted by molar-refractivity contribution is -0.117. The summed E-state index contributed by atoms with van der Waals surface area (Å²) in [4.78, 5) is 12.4. The van der Waals surface area contributed by atoms with Crippen LogP contribution < -0.4 is 5.32 Å². The maximum absolute atomic E-state index is 12.4. The number of nitrogens with zero attached hydrogens (tertiary/aromatic N) is 2. The number of carbonyl (C=O) groups is 1. The highest BCUT2D eigenvalue weighted by Gasteiger charge is 2.45. The van der Waals surface area contributed by atoms with E-state index in [1.807, 2.05) is 37.3 Å². The highest BCUT2D eigenvalue weighted by atomic mass is 16.4. The Labute approximate surface area is 132 Å². The maximum atomic E-state index is 12.4. The molecule has 0 aliphatic heterocycles. The lowest BCUT2D eigenvalue weighted by Crippen LogP contribution is -2.15.